The van der Waals surface area contributed by atoms with Gasteiger partial charge in [0.15, 0.2) is 0 Å². The average Bonchev–Trinajstić information content (AvgIpc) is 2.55. The van der Waals surface area contributed by atoms with Gasteiger partial charge in [-0.2, -0.15) is 0 Å². The summed E-state index contributed by atoms with van der Waals surface area (Å²) in [6, 6.07) is 8.39. The molecule has 1 fully saturated rings. The van der Waals surface area contributed by atoms with Crippen molar-refractivity contribution in [2.45, 2.75) is 18.8 Å². The van der Waals surface area contributed by atoms with Crippen LogP contribution >= 0.6 is 0 Å². The summed E-state index contributed by atoms with van der Waals surface area (Å²) in [4.78, 5) is 17.1. The van der Waals surface area contributed by atoms with Crippen LogP contribution in [0.15, 0.2) is 36.4 Å². The van der Waals surface area contributed by atoms with Gasteiger partial charge in [-0.1, -0.05) is 0 Å². The molecule has 7 heteroatoms. The Morgan fingerprint density at radius 3 is 2.29 bits per heavy atom. The van der Waals surface area contributed by atoms with Gasteiger partial charge >= 0.3 is 5.97 Å². The molecule has 0 amide bonds. The SMILES string of the molecule is O=C(O)c1ccc(N2CCC(F)(F)CC2)c(-c2ccc(F)cc2)n1. The minimum Gasteiger partial charge on any atom is -0.477 e. The fourth-order valence-corrected chi connectivity index (χ4v) is 2.72. The number of hydrogen-bond acceptors (Lipinski definition) is 3. The Bertz CT molecular complexity index is 753. The molecule has 24 heavy (non-hydrogen) atoms. The molecule has 0 unspecified atom stereocenters. The van der Waals surface area contributed by atoms with Crippen molar-refractivity contribution in [2.75, 3.05) is 18.0 Å². The molecule has 0 atom stereocenters. The quantitative estimate of drug-likeness (QED) is 0.926. The van der Waals surface area contributed by atoms with Gasteiger partial charge in [-0.15, -0.1) is 0 Å². The summed E-state index contributed by atoms with van der Waals surface area (Å²) in [6.45, 7) is 0.296. The van der Waals surface area contributed by atoms with Crippen LogP contribution in [-0.2, 0) is 0 Å². The van der Waals surface area contributed by atoms with Gasteiger partial charge < -0.3 is 10.0 Å². The van der Waals surface area contributed by atoms with E-state index in [0.29, 0.717) is 16.9 Å². The summed E-state index contributed by atoms with van der Waals surface area (Å²) >= 11 is 0. The zero-order valence-corrected chi connectivity index (χ0v) is 12.7. The largest absolute Gasteiger partial charge is 0.477 e. The van der Waals surface area contributed by atoms with Crippen LogP contribution in [0, 0.1) is 5.82 Å². The smallest absolute Gasteiger partial charge is 0.354 e. The second-order valence-corrected chi connectivity index (χ2v) is 5.72. The molecule has 2 aromatic rings. The molecule has 4 nitrogen and oxygen atoms in total. The van der Waals surface area contributed by atoms with E-state index in [1.807, 2.05) is 0 Å². The third-order valence-electron chi connectivity index (χ3n) is 4.05. The molecule has 1 N–H and O–H groups in total. The minimum atomic E-state index is -2.68. The number of carboxylic acids is 1. The van der Waals surface area contributed by atoms with Crippen LogP contribution in [-0.4, -0.2) is 35.1 Å². The Kier molecular flexibility index (Phi) is 4.17. The van der Waals surface area contributed by atoms with Crippen LogP contribution in [0.25, 0.3) is 11.3 Å². The highest BCUT2D eigenvalue weighted by Gasteiger charge is 2.34. The van der Waals surface area contributed by atoms with Gasteiger partial charge in [0.1, 0.15) is 11.5 Å². The van der Waals surface area contributed by atoms with Crippen molar-refractivity contribution in [1.82, 2.24) is 4.98 Å². The number of aromatic carboxylic acids is 1. The third-order valence-corrected chi connectivity index (χ3v) is 4.05. The Morgan fingerprint density at radius 1 is 1.08 bits per heavy atom. The van der Waals surface area contributed by atoms with Crippen molar-refractivity contribution in [3.8, 4) is 11.3 Å². The molecule has 0 bridgehead atoms. The second-order valence-electron chi connectivity index (χ2n) is 5.72. The number of carboxylic acid groups (broad SMARTS) is 1. The van der Waals surface area contributed by atoms with Crippen molar-refractivity contribution in [1.29, 1.82) is 0 Å². The molecule has 1 aromatic carbocycles. The standard InChI is InChI=1S/C17H15F3N2O2/c18-12-3-1-11(2-4-12)15-14(6-5-13(21-15)16(23)24)22-9-7-17(19,20)8-10-22/h1-6H,7-10H2,(H,23,24). The predicted octanol–water partition coefficient (Wildman–Crippen LogP) is 3.82. The van der Waals surface area contributed by atoms with Crippen molar-refractivity contribution >= 4 is 11.7 Å². The van der Waals surface area contributed by atoms with Gasteiger partial charge in [0.25, 0.3) is 5.92 Å². The highest BCUT2D eigenvalue weighted by atomic mass is 19.3. The summed E-state index contributed by atoms with van der Waals surface area (Å²) in [5.41, 5.74) is 1.30. The fraction of sp³-hybridized carbons (Fsp3) is 0.294. The van der Waals surface area contributed by atoms with E-state index in [0.717, 1.165) is 0 Å². The molecule has 126 valence electrons. The molecule has 0 aliphatic carbocycles. The molecule has 1 aromatic heterocycles. The monoisotopic (exact) mass is 336 g/mol. The van der Waals surface area contributed by atoms with E-state index in [9.17, 15) is 18.0 Å². The molecule has 2 heterocycles. The number of benzene rings is 1. The van der Waals surface area contributed by atoms with Crippen molar-refractivity contribution < 1.29 is 23.1 Å². The Balaban J connectivity index is 2.02. The van der Waals surface area contributed by atoms with E-state index in [1.54, 1.807) is 11.0 Å². The van der Waals surface area contributed by atoms with Gasteiger partial charge in [-0.05, 0) is 36.4 Å². The lowest BCUT2D eigenvalue weighted by molar-refractivity contribution is -0.0220. The molecule has 1 aliphatic rings. The van der Waals surface area contributed by atoms with Gasteiger partial charge in [0.2, 0.25) is 0 Å². The maximum atomic E-state index is 13.4. The number of aromatic nitrogens is 1. The van der Waals surface area contributed by atoms with Crippen LogP contribution in [0.2, 0.25) is 0 Å². The summed E-state index contributed by atoms with van der Waals surface area (Å²) in [5, 5.41) is 9.13. The van der Waals surface area contributed by atoms with Crippen LogP contribution in [0.3, 0.4) is 0 Å². The number of piperidine rings is 1. The molecule has 0 radical (unpaired) electrons. The summed E-state index contributed by atoms with van der Waals surface area (Å²) < 4.78 is 39.9. The van der Waals surface area contributed by atoms with E-state index in [4.69, 9.17) is 5.11 Å². The lowest BCUT2D eigenvalue weighted by atomic mass is 10.0. The first kappa shape index (κ1) is 16.3. The van der Waals surface area contributed by atoms with Crippen molar-refractivity contribution in [3.63, 3.8) is 0 Å². The lowest BCUT2D eigenvalue weighted by Gasteiger charge is -2.34. The Labute approximate surface area is 136 Å². The highest BCUT2D eigenvalue weighted by Crippen LogP contribution is 2.35. The number of carbonyl (C=O) groups is 1. The van der Waals surface area contributed by atoms with Gasteiger partial charge in [-0.3, -0.25) is 0 Å². The molecule has 0 spiro atoms. The first-order valence-electron chi connectivity index (χ1n) is 7.49. The summed E-state index contributed by atoms with van der Waals surface area (Å²) in [5.74, 6) is -4.29. The first-order valence-corrected chi connectivity index (χ1v) is 7.49. The molecule has 1 saturated heterocycles. The zero-order chi connectivity index (χ0) is 17.3. The van der Waals surface area contributed by atoms with Crippen molar-refractivity contribution in [2.24, 2.45) is 0 Å². The summed E-state index contributed by atoms with van der Waals surface area (Å²) in [6.07, 6.45) is -0.535. The second kappa shape index (κ2) is 6.14. The molecule has 3 rings (SSSR count). The van der Waals surface area contributed by atoms with Crippen molar-refractivity contribution in [3.05, 3.63) is 47.9 Å². The summed E-state index contributed by atoms with van der Waals surface area (Å²) in [7, 11) is 0. The van der Waals surface area contributed by atoms with Gasteiger partial charge in [0, 0.05) is 31.5 Å². The number of hydrogen-bond donors (Lipinski definition) is 1. The molecular formula is C17H15F3N2O2. The number of pyridine rings is 1. The van der Waals surface area contributed by atoms with Crippen LogP contribution in [0.4, 0.5) is 18.9 Å². The number of halogens is 3. The molecule has 1 aliphatic heterocycles. The topological polar surface area (TPSA) is 53.4 Å². The maximum Gasteiger partial charge on any atom is 0.354 e. The van der Waals surface area contributed by atoms with Gasteiger partial charge in [-0.25, -0.2) is 22.9 Å². The van der Waals surface area contributed by atoms with Crippen LogP contribution in [0.5, 0.6) is 0 Å². The zero-order valence-electron chi connectivity index (χ0n) is 12.7. The van der Waals surface area contributed by atoms with E-state index in [2.05, 4.69) is 4.98 Å². The number of alkyl halides is 2. The normalized spacial score (nSPS) is 16.9. The first-order chi connectivity index (χ1) is 11.4. The fourth-order valence-electron chi connectivity index (χ4n) is 2.72. The average molecular weight is 336 g/mol. The number of anilines is 1. The number of nitrogens with zero attached hydrogens (tertiary/aromatic N) is 2. The minimum absolute atomic E-state index is 0.148. The van der Waals surface area contributed by atoms with Gasteiger partial charge in [0.05, 0.1) is 11.4 Å². The Morgan fingerprint density at radius 2 is 1.71 bits per heavy atom. The van der Waals surface area contributed by atoms with E-state index in [-0.39, 0.29) is 31.6 Å². The van der Waals surface area contributed by atoms with E-state index in [1.165, 1.54) is 30.3 Å². The van der Waals surface area contributed by atoms with E-state index >= 15 is 0 Å². The number of rotatable bonds is 3. The van der Waals surface area contributed by atoms with Crippen LogP contribution < -0.4 is 4.90 Å². The lowest BCUT2D eigenvalue weighted by Crippen LogP contribution is -2.39. The molecule has 0 saturated carbocycles. The highest BCUT2D eigenvalue weighted by molar-refractivity contribution is 5.88. The van der Waals surface area contributed by atoms with E-state index < -0.39 is 17.7 Å². The Hall–Kier alpha value is -2.57. The maximum absolute atomic E-state index is 13.4. The molecular weight excluding hydrogens is 321 g/mol. The van der Waals surface area contributed by atoms with Crippen LogP contribution in [0.1, 0.15) is 23.3 Å². The third kappa shape index (κ3) is 3.34. The predicted molar refractivity (Wildman–Crippen MR) is 83.0 cm³/mol.